The third-order valence-electron chi connectivity index (χ3n) is 2.25. The fourth-order valence-corrected chi connectivity index (χ4v) is 1.46. The minimum Gasteiger partial charge on any atom is -0.334 e. The number of nitrogens with zero attached hydrogens (tertiary/aromatic N) is 4. The smallest absolute Gasteiger partial charge is 0.317 e. The molecule has 0 radical (unpaired) electrons. The van der Waals surface area contributed by atoms with Crippen molar-refractivity contribution in [2.45, 2.75) is 0 Å². The maximum absolute atomic E-state index is 11.9. The molecule has 0 aliphatic carbocycles. The van der Waals surface area contributed by atoms with E-state index in [1.54, 1.807) is 0 Å². The lowest BCUT2D eigenvalue weighted by molar-refractivity contribution is 0.856. The molecule has 0 aliphatic rings. The summed E-state index contributed by atoms with van der Waals surface area (Å²) in [6.45, 7) is 0. The van der Waals surface area contributed by atoms with Gasteiger partial charge < -0.3 is 5.32 Å². The Kier molecular flexibility index (Phi) is 2.08. The van der Waals surface area contributed by atoms with Crippen molar-refractivity contribution in [3.63, 3.8) is 0 Å². The second-order valence-corrected chi connectivity index (χ2v) is 3.37. The van der Waals surface area contributed by atoms with Gasteiger partial charge in [0.2, 0.25) is 5.82 Å². The zero-order valence-corrected chi connectivity index (χ0v) is 8.66. The molecule has 0 saturated heterocycles. The quantitative estimate of drug-likeness (QED) is 0.669. The van der Waals surface area contributed by atoms with Crippen molar-refractivity contribution in [2.24, 2.45) is 0 Å². The Morgan fingerprint density at radius 3 is 2.82 bits per heavy atom. The first kappa shape index (κ1) is 9.52. The van der Waals surface area contributed by atoms with Crippen LogP contribution in [0.5, 0.6) is 0 Å². The molecule has 2 N–H and O–H groups in total. The van der Waals surface area contributed by atoms with Crippen molar-refractivity contribution in [1.29, 1.82) is 0 Å². The van der Waals surface area contributed by atoms with Crippen molar-refractivity contribution < 1.29 is 0 Å². The molecule has 0 unspecified atom stereocenters. The molecule has 2 aromatic heterocycles. The Bertz CT molecular complexity index is 701. The predicted molar refractivity (Wildman–Crippen MR) is 61.1 cm³/mol. The third kappa shape index (κ3) is 1.63. The Hall–Kier alpha value is -2.70. The molecular weight excluding hydrogens is 220 g/mol. The summed E-state index contributed by atoms with van der Waals surface area (Å²) in [4.78, 5) is 15.8. The highest BCUT2D eigenvalue weighted by Crippen LogP contribution is 2.09. The summed E-state index contributed by atoms with van der Waals surface area (Å²) in [7, 11) is 0. The summed E-state index contributed by atoms with van der Waals surface area (Å²) in [5.41, 5.74) is 0.453. The van der Waals surface area contributed by atoms with Crippen LogP contribution in [0, 0.1) is 0 Å². The minimum absolute atomic E-state index is 0.151. The lowest BCUT2D eigenvalue weighted by Gasteiger charge is -2.02. The molecule has 84 valence electrons. The molecule has 0 aliphatic heterocycles. The van der Waals surface area contributed by atoms with Crippen molar-refractivity contribution in [3.8, 4) is 0 Å². The van der Waals surface area contributed by atoms with Crippen LogP contribution < -0.4 is 10.9 Å². The standard InChI is InChI=1S/C10H8N6O/c17-9-8(13-7-4-2-1-3-5-7)14-15-10-11-6-12-16(9)10/h1-6H,(H,13,14)(H,11,12,15). The molecule has 0 atom stereocenters. The van der Waals surface area contributed by atoms with Crippen molar-refractivity contribution in [1.82, 2.24) is 24.8 Å². The zero-order valence-electron chi connectivity index (χ0n) is 8.66. The monoisotopic (exact) mass is 228 g/mol. The van der Waals surface area contributed by atoms with E-state index in [1.165, 1.54) is 10.8 Å². The summed E-state index contributed by atoms with van der Waals surface area (Å²) in [5, 5.41) is 13.2. The summed E-state index contributed by atoms with van der Waals surface area (Å²) in [6, 6.07) is 9.29. The van der Waals surface area contributed by atoms with Gasteiger partial charge in [0.15, 0.2) is 0 Å². The fourth-order valence-electron chi connectivity index (χ4n) is 1.46. The molecule has 1 aromatic carbocycles. The van der Waals surface area contributed by atoms with Crippen LogP contribution in [0.25, 0.3) is 5.78 Å². The Balaban J connectivity index is 2.07. The number of nitrogens with one attached hydrogen (secondary N) is 2. The number of H-pyrrole nitrogens is 1. The van der Waals surface area contributed by atoms with Gasteiger partial charge in [-0.2, -0.15) is 9.50 Å². The van der Waals surface area contributed by atoms with Gasteiger partial charge in [0.25, 0.3) is 5.78 Å². The van der Waals surface area contributed by atoms with E-state index in [0.29, 0.717) is 0 Å². The Morgan fingerprint density at radius 2 is 2.00 bits per heavy atom. The predicted octanol–water partition coefficient (Wildman–Crippen LogP) is 0.556. The lowest BCUT2D eigenvalue weighted by Crippen LogP contribution is -2.20. The zero-order chi connectivity index (χ0) is 11.7. The van der Waals surface area contributed by atoms with E-state index in [-0.39, 0.29) is 17.2 Å². The van der Waals surface area contributed by atoms with Gasteiger partial charge in [0.1, 0.15) is 6.33 Å². The van der Waals surface area contributed by atoms with Gasteiger partial charge >= 0.3 is 5.56 Å². The molecule has 17 heavy (non-hydrogen) atoms. The molecule has 0 spiro atoms. The molecule has 0 bridgehead atoms. The van der Waals surface area contributed by atoms with Crippen LogP contribution >= 0.6 is 0 Å². The van der Waals surface area contributed by atoms with E-state index in [2.05, 4.69) is 25.6 Å². The normalized spacial score (nSPS) is 10.6. The largest absolute Gasteiger partial charge is 0.334 e. The second-order valence-electron chi connectivity index (χ2n) is 3.37. The average molecular weight is 228 g/mol. The molecule has 7 heteroatoms. The number of aromatic amines is 1. The Labute approximate surface area is 95.1 Å². The van der Waals surface area contributed by atoms with Crippen LogP contribution in [-0.4, -0.2) is 24.8 Å². The summed E-state index contributed by atoms with van der Waals surface area (Å²) in [6.07, 6.45) is 1.39. The molecule has 0 fully saturated rings. The van der Waals surface area contributed by atoms with Crippen LogP contribution in [0.15, 0.2) is 41.5 Å². The van der Waals surface area contributed by atoms with E-state index in [4.69, 9.17) is 0 Å². The van der Waals surface area contributed by atoms with Gasteiger partial charge in [-0.3, -0.25) is 9.89 Å². The SMILES string of the molecule is O=c1c(Nc2ccccc2)nnc2nc[nH]n12. The fraction of sp³-hybridized carbons (Fsp3) is 0. The first-order valence-corrected chi connectivity index (χ1v) is 4.95. The van der Waals surface area contributed by atoms with Crippen LogP contribution in [0.4, 0.5) is 11.5 Å². The summed E-state index contributed by atoms with van der Waals surface area (Å²) < 4.78 is 1.22. The number of anilines is 2. The van der Waals surface area contributed by atoms with Gasteiger partial charge in [-0.1, -0.05) is 18.2 Å². The van der Waals surface area contributed by atoms with Gasteiger partial charge in [-0.05, 0) is 12.1 Å². The van der Waals surface area contributed by atoms with Crippen LogP contribution in [-0.2, 0) is 0 Å². The average Bonchev–Trinajstić information content (AvgIpc) is 2.83. The number of para-hydroxylation sites is 1. The number of hydrogen-bond donors (Lipinski definition) is 2. The molecule has 7 nitrogen and oxygen atoms in total. The molecule has 3 aromatic rings. The van der Waals surface area contributed by atoms with Crippen LogP contribution in [0.2, 0.25) is 0 Å². The number of rotatable bonds is 2. The summed E-state index contributed by atoms with van der Waals surface area (Å²) in [5.74, 6) is 0.395. The molecular formula is C10H8N6O. The number of aromatic nitrogens is 5. The van der Waals surface area contributed by atoms with E-state index in [9.17, 15) is 4.79 Å². The highest BCUT2D eigenvalue weighted by Gasteiger charge is 2.07. The highest BCUT2D eigenvalue weighted by molar-refractivity contribution is 5.54. The lowest BCUT2D eigenvalue weighted by atomic mass is 10.3. The van der Waals surface area contributed by atoms with Crippen LogP contribution in [0.3, 0.4) is 0 Å². The van der Waals surface area contributed by atoms with Gasteiger partial charge in [-0.15, -0.1) is 10.2 Å². The first-order valence-electron chi connectivity index (χ1n) is 4.95. The van der Waals surface area contributed by atoms with E-state index < -0.39 is 0 Å². The topological polar surface area (TPSA) is 88.0 Å². The number of hydrogen-bond acceptors (Lipinski definition) is 5. The third-order valence-corrected chi connectivity index (χ3v) is 2.25. The highest BCUT2D eigenvalue weighted by atomic mass is 16.1. The van der Waals surface area contributed by atoms with Crippen LogP contribution in [0.1, 0.15) is 0 Å². The van der Waals surface area contributed by atoms with E-state index >= 15 is 0 Å². The van der Waals surface area contributed by atoms with Gasteiger partial charge in [0.05, 0.1) is 0 Å². The summed E-state index contributed by atoms with van der Waals surface area (Å²) >= 11 is 0. The molecule has 0 saturated carbocycles. The maximum atomic E-state index is 11.9. The number of fused-ring (bicyclic) bond motifs is 1. The van der Waals surface area contributed by atoms with Gasteiger partial charge in [0, 0.05) is 5.69 Å². The molecule has 3 rings (SSSR count). The first-order chi connectivity index (χ1) is 8.34. The van der Waals surface area contributed by atoms with E-state index in [1.807, 2.05) is 30.3 Å². The maximum Gasteiger partial charge on any atom is 0.317 e. The van der Waals surface area contributed by atoms with E-state index in [0.717, 1.165) is 5.69 Å². The van der Waals surface area contributed by atoms with Gasteiger partial charge in [-0.25, -0.2) is 0 Å². The Morgan fingerprint density at radius 1 is 1.18 bits per heavy atom. The minimum atomic E-state index is -0.323. The molecule has 2 heterocycles. The van der Waals surface area contributed by atoms with Crippen molar-refractivity contribution in [2.75, 3.05) is 5.32 Å². The second kappa shape index (κ2) is 3.71. The van der Waals surface area contributed by atoms with Crippen molar-refractivity contribution in [3.05, 3.63) is 47.0 Å². The number of benzene rings is 1. The van der Waals surface area contributed by atoms with Crippen molar-refractivity contribution >= 4 is 17.3 Å². The molecule has 0 amide bonds.